The van der Waals surface area contributed by atoms with Gasteiger partial charge in [-0.05, 0) is 11.6 Å². The molecular weight excluding hydrogens is 568 g/mol. The first-order chi connectivity index (χ1) is 19.7. The number of nitrogens with zero attached hydrogens (tertiary/aromatic N) is 2. The molecule has 1 aromatic rings. The molecule has 0 spiro atoms. The molecule has 42 heavy (non-hydrogen) atoms. The van der Waals surface area contributed by atoms with E-state index < -0.39 is 77.9 Å². The zero-order chi connectivity index (χ0) is 31.6. The Bertz CT molecular complexity index is 1170. The maximum absolute atomic E-state index is 12.0. The molecule has 17 nitrogen and oxygen atoms in total. The molecule has 0 aromatic heterocycles. The lowest BCUT2D eigenvalue weighted by atomic mass is 9.98. The van der Waals surface area contributed by atoms with Crippen molar-refractivity contribution >= 4 is 35.7 Å². The predicted octanol–water partition coefficient (Wildman–Crippen LogP) is 0.617. The number of aliphatic hydroxyl groups excluding tert-OH is 1. The number of likely N-dealkylation sites (N-methyl/N-ethyl adjacent to an activating group) is 1. The summed E-state index contributed by atoms with van der Waals surface area (Å²) < 4.78 is 37.5. The molecule has 1 N–H and O–H groups in total. The molecular formula is C25H32N2O15. The Balaban J connectivity index is 2.45. The van der Waals surface area contributed by atoms with Gasteiger partial charge in [-0.2, -0.15) is 0 Å². The van der Waals surface area contributed by atoms with Gasteiger partial charge in [-0.3, -0.25) is 29.3 Å². The van der Waals surface area contributed by atoms with Crippen LogP contribution in [0.15, 0.2) is 18.2 Å². The molecule has 5 atom stereocenters. The van der Waals surface area contributed by atoms with Crippen molar-refractivity contribution < 1.29 is 67.2 Å². The molecule has 2 rings (SSSR count). The third-order valence-electron chi connectivity index (χ3n) is 5.52. The molecule has 1 amide bonds. The molecule has 17 heteroatoms. The Morgan fingerprint density at radius 3 is 2.07 bits per heavy atom. The lowest BCUT2D eigenvalue weighted by Gasteiger charge is -2.43. The van der Waals surface area contributed by atoms with Gasteiger partial charge >= 0.3 is 35.7 Å². The second kappa shape index (κ2) is 15.5. The molecule has 0 saturated carbocycles. The van der Waals surface area contributed by atoms with Crippen molar-refractivity contribution in [3.8, 4) is 5.75 Å². The van der Waals surface area contributed by atoms with E-state index in [9.17, 15) is 34.1 Å². The highest BCUT2D eigenvalue weighted by molar-refractivity contribution is 5.69. The van der Waals surface area contributed by atoms with Crippen molar-refractivity contribution in [1.82, 2.24) is 4.90 Å². The molecule has 0 unspecified atom stereocenters. The summed E-state index contributed by atoms with van der Waals surface area (Å²) in [6, 6.07) is 3.60. The van der Waals surface area contributed by atoms with E-state index in [2.05, 4.69) is 0 Å². The summed E-state index contributed by atoms with van der Waals surface area (Å²) in [5, 5.41) is 20.8. The van der Waals surface area contributed by atoms with Gasteiger partial charge < -0.3 is 43.2 Å². The van der Waals surface area contributed by atoms with Gasteiger partial charge in [-0.25, -0.2) is 4.79 Å². The lowest BCUT2D eigenvalue weighted by molar-refractivity contribution is -0.387. The van der Waals surface area contributed by atoms with Crippen molar-refractivity contribution in [3.63, 3.8) is 0 Å². The van der Waals surface area contributed by atoms with Gasteiger partial charge in [-0.15, -0.1) is 0 Å². The number of amides is 1. The number of nitro benzene ring substituents is 1. The first-order valence-corrected chi connectivity index (χ1v) is 12.5. The number of benzene rings is 1. The van der Waals surface area contributed by atoms with Crippen LogP contribution in [0.1, 0.15) is 33.3 Å². The molecule has 1 aliphatic heterocycles. The Hall–Kier alpha value is -4.51. The monoisotopic (exact) mass is 600 g/mol. The summed E-state index contributed by atoms with van der Waals surface area (Å²) in [5.74, 6) is -3.68. The van der Waals surface area contributed by atoms with Gasteiger partial charge in [0.2, 0.25) is 12.4 Å². The second-order valence-corrected chi connectivity index (χ2v) is 8.94. The third-order valence-corrected chi connectivity index (χ3v) is 5.52. The van der Waals surface area contributed by atoms with Crippen LogP contribution in [0.5, 0.6) is 5.75 Å². The van der Waals surface area contributed by atoms with E-state index in [0.717, 1.165) is 38.7 Å². The molecule has 1 fully saturated rings. The minimum absolute atomic E-state index is 0.0156. The molecule has 232 valence electrons. The smallest absolute Gasteiger partial charge is 0.409 e. The fraction of sp³-hybridized carbons (Fsp3) is 0.560. The van der Waals surface area contributed by atoms with Crippen LogP contribution in [0, 0.1) is 10.1 Å². The molecule has 1 aliphatic rings. The van der Waals surface area contributed by atoms with Crippen LogP contribution < -0.4 is 4.74 Å². The second-order valence-electron chi connectivity index (χ2n) is 8.94. The van der Waals surface area contributed by atoms with E-state index in [-0.39, 0.29) is 31.1 Å². The van der Waals surface area contributed by atoms with E-state index in [0.29, 0.717) is 0 Å². The fourth-order valence-corrected chi connectivity index (χ4v) is 3.80. The van der Waals surface area contributed by atoms with Crippen LogP contribution in [-0.2, 0) is 54.2 Å². The summed E-state index contributed by atoms with van der Waals surface area (Å²) in [5.41, 5.74) is -0.388. The Morgan fingerprint density at radius 2 is 1.52 bits per heavy atom. The Morgan fingerprint density at radius 1 is 0.929 bits per heavy atom. The lowest BCUT2D eigenvalue weighted by Crippen LogP contribution is -2.63. The summed E-state index contributed by atoms with van der Waals surface area (Å²) >= 11 is 0. The van der Waals surface area contributed by atoms with Crippen molar-refractivity contribution in [3.05, 3.63) is 33.9 Å². The first-order valence-electron chi connectivity index (χ1n) is 12.5. The Kier molecular flexibility index (Phi) is 12.4. The SMILES string of the molecule is CC(=O)OC[C@H]1O[C@@H](Oc2ccc(COC(=O)N(C)CCO)cc2[N+](=O)[O-])[C@H](OC(C)=O)[C@@H](OC(C)=O)[C@H]1OC(C)=O. The van der Waals surface area contributed by atoms with Gasteiger partial charge in [0.15, 0.2) is 18.0 Å². The van der Waals surface area contributed by atoms with E-state index in [1.54, 1.807) is 0 Å². The number of carbonyl (C=O) groups is 5. The Labute approximate surface area is 239 Å². The normalized spacial score (nSPS) is 21.3. The van der Waals surface area contributed by atoms with Crippen molar-refractivity contribution in [2.45, 2.75) is 65.0 Å². The summed E-state index contributed by atoms with van der Waals surface area (Å²) in [4.78, 5) is 71.5. The topological polar surface area (TPSA) is 217 Å². The van der Waals surface area contributed by atoms with E-state index >= 15 is 0 Å². The number of hydrogen-bond acceptors (Lipinski definition) is 15. The van der Waals surface area contributed by atoms with E-state index in [4.69, 9.17) is 38.3 Å². The highest BCUT2D eigenvalue weighted by Gasteiger charge is 2.53. The van der Waals surface area contributed by atoms with Gasteiger partial charge in [0, 0.05) is 47.4 Å². The predicted molar refractivity (Wildman–Crippen MR) is 136 cm³/mol. The van der Waals surface area contributed by atoms with Crippen LogP contribution in [0.2, 0.25) is 0 Å². The minimum atomic E-state index is -1.69. The number of rotatable bonds is 12. The number of nitro groups is 1. The number of ether oxygens (including phenoxy) is 7. The highest BCUT2D eigenvalue weighted by Crippen LogP contribution is 2.35. The van der Waals surface area contributed by atoms with Gasteiger partial charge in [0.25, 0.3) is 0 Å². The molecule has 0 radical (unpaired) electrons. The highest BCUT2D eigenvalue weighted by atomic mass is 16.7. The average molecular weight is 601 g/mol. The van der Waals surface area contributed by atoms with Crippen molar-refractivity contribution in [1.29, 1.82) is 0 Å². The largest absolute Gasteiger partial charge is 0.463 e. The molecule has 1 heterocycles. The van der Waals surface area contributed by atoms with Crippen LogP contribution >= 0.6 is 0 Å². The van der Waals surface area contributed by atoms with Gasteiger partial charge in [-0.1, -0.05) is 6.07 Å². The summed E-state index contributed by atoms with van der Waals surface area (Å²) in [6.45, 7) is 3.09. The maximum Gasteiger partial charge on any atom is 0.409 e. The van der Waals surface area contributed by atoms with Gasteiger partial charge in [0.05, 0.1) is 11.5 Å². The molecule has 1 aromatic carbocycles. The maximum atomic E-state index is 12.0. The standard InChI is InChI=1S/C25H32N2O15/c1-13(29)36-12-20-21(38-14(2)30)22(39-15(3)31)23(40-16(4)32)24(42-20)41-19-7-6-17(10-18(19)27(34)35)11-37-25(33)26(5)8-9-28/h6-7,10,20-24,28H,8-9,11-12H2,1-5H3/t20-,21+,22+,23-,24-/m1/s1. The summed E-state index contributed by atoms with van der Waals surface area (Å²) in [6.07, 6.45) is -8.38. The first kappa shape index (κ1) is 33.7. The van der Waals surface area contributed by atoms with Crippen LogP contribution in [-0.4, -0.2) is 102 Å². The van der Waals surface area contributed by atoms with Crippen LogP contribution in [0.3, 0.4) is 0 Å². The zero-order valence-electron chi connectivity index (χ0n) is 23.5. The number of esters is 4. The van der Waals surface area contributed by atoms with Crippen LogP contribution in [0.25, 0.3) is 0 Å². The van der Waals surface area contributed by atoms with Crippen molar-refractivity contribution in [2.24, 2.45) is 0 Å². The fourth-order valence-electron chi connectivity index (χ4n) is 3.80. The number of hydrogen-bond donors (Lipinski definition) is 1. The molecule has 0 bridgehead atoms. The van der Waals surface area contributed by atoms with Gasteiger partial charge in [0.1, 0.15) is 19.3 Å². The number of carbonyl (C=O) groups excluding carboxylic acids is 5. The third kappa shape index (κ3) is 9.84. The van der Waals surface area contributed by atoms with Crippen LogP contribution in [0.4, 0.5) is 10.5 Å². The number of aliphatic hydroxyl groups is 1. The molecule has 0 aliphatic carbocycles. The summed E-state index contributed by atoms with van der Waals surface area (Å²) in [7, 11) is 1.39. The minimum Gasteiger partial charge on any atom is -0.463 e. The quantitative estimate of drug-likeness (QED) is 0.150. The van der Waals surface area contributed by atoms with E-state index in [1.165, 1.54) is 19.2 Å². The van der Waals surface area contributed by atoms with Crippen molar-refractivity contribution in [2.75, 3.05) is 26.8 Å². The zero-order valence-corrected chi connectivity index (χ0v) is 23.5. The van der Waals surface area contributed by atoms with E-state index in [1.807, 2.05) is 0 Å². The molecule has 1 saturated heterocycles. The average Bonchev–Trinajstić information content (AvgIpc) is 2.89.